The van der Waals surface area contributed by atoms with Crippen molar-refractivity contribution in [3.63, 3.8) is 0 Å². The maximum Gasteiger partial charge on any atom is 0.254 e. The second-order valence-electron chi connectivity index (χ2n) is 5.02. The van der Waals surface area contributed by atoms with Crippen LogP contribution in [0.4, 0.5) is 4.39 Å². The molecule has 0 radical (unpaired) electrons. The van der Waals surface area contributed by atoms with Crippen molar-refractivity contribution in [3.05, 3.63) is 59.4 Å². The van der Waals surface area contributed by atoms with Crippen LogP contribution in [0.25, 0.3) is 0 Å². The number of nitrogens with zero attached hydrogens (tertiary/aromatic N) is 1. The Hall–Kier alpha value is -2.56. The summed E-state index contributed by atoms with van der Waals surface area (Å²) in [5.74, 6) is 0.620. The van der Waals surface area contributed by atoms with Gasteiger partial charge in [-0.05, 0) is 42.8 Å². The number of rotatable bonds is 6. The summed E-state index contributed by atoms with van der Waals surface area (Å²) in [6.45, 7) is 2.81. The van der Waals surface area contributed by atoms with Crippen LogP contribution in [0.1, 0.15) is 22.8 Å². The van der Waals surface area contributed by atoms with Crippen LogP contribution in [0.3, 0.4) is 0 Å². The molecule has 122 valence electrons. The van der Waals surface area contributed by atoms with Crippen molar-refractivity contribution in [1.82, 2.24) is 4.90 Å². The third-order valence-corrected chi connectivity index (χ3v) is 3.56. The quantitative estimate of drug-likeness (QED) is 0.818. The molecule has 0 heterocycles. The lowest BCUT2D eigenvalue weighted by atomic mass is 10.1. The third kappa shape index (κ3) is 4.00. The standard InChI is InChI=1S/C18H20FNO3/c1-4-20(18(21)14-6-5-7-15(19)11-14)12-13-8-9-16(22-2)17(10-13)23-3/h5-11H,4,12H2,1-3H3. The molecule has 2 rings (SSSR count). The number of ether oxygens (including phenoxy) is 2. The summed E-state index contributed by atoms with van der Waals surface area (Å²) in [5, 5.41) is 0. The van der Waals surface area contributed by atoms with Crippen molar-refractivity contribution >= 4 is 5.91 Å². The highest BCUT2D eigenvalue weighted by Gasteiger charge is 2.16. The highest BCUT2D eigenvalue weighted by atomic mass is 19.1. The predicted molar refractivity (Wildman–Crippen MR) is 86.4 cm³/mol. The van der Waals surface area contributed by atoms with Gasteiger partial charge in [-0.25, -0.2) is 4.39 Å². The fourth-order valence-electron chi connectivity index (χ4n) is 2.33. The number of halogens is 1. The van der Waals surface area contributed by atoms with Crippen molar-refractivity contribution in [2.24, 2.45) is 0 Å². The fraction of sp³-hybridized carbons (Fsp3) is 0.278. The molecule has 0 saturated heterocycles. The highest BCUT2D eigenvalue weighted by Crippen LogP contribution is 2.28. The van der Waals surface area contributed by atoms with Crippen LogP contribution in [0.5, 0.6) is 11.5 Å². The normalized spacial score (nSPS) is 10.3. The van der Waals surface area contributed by atoms with E-state index in [1.54, 1.807) is 31.3 Å². The molecule has 0 spiro atoms. The first kappa shape index (κ1) is 16.8. The Morgan fingerprint density at radius 3 is 2.43 bits per heavy atom. The first-order valence-corrected chi connectivity index (χ1v) is 7.34. The van der Waals surface area contributed by atoms with E-state index < -0.39 is 5.82 Å². The van der Waals surface area contributed by atoms with Gasteiger partial charge in [-0.2, -0.15) is 0 Å². The molecule has 4 nitrogen and oxygen atoms in total. The Morgan fingerprint density at radius 1 is 1.09 bits per heavy atom. The maximum absolute atomic E-state index is 13.3. The van der Waals surface area contributed by atoms with Crippen LogP contribution in [0, 0.1) is 5.82 Å². The zero-order chi connectivity index (χ0) is 16.8. The Bertz CT molecular complexity index is 688. The Morgan fingerprint density at radius 2 is 1.83 bits per heavy atom. The molecule has 2 aromatic carbocycles. The van der Waals surface area contributed by atoms with Crippen molar-refractivity contribution in [3.8, 4) is 11.5 Å². The molecule has 0 bridgehead atoms. The van der Waals surface area contributed by atoms with Crippen LogP contribution >= 0.6 is 0 Å². The summed E-state index contributed by atoms with van der Waals surface area (Å²) in [4.78, 5) is 14.2. The van der Waals surface area contributed by atoms with E-state index in [1.807, 2.05) is 19.1 Å². The molecule has 0 aliphatic carbocycles. The molecule has 0 fully saturated rings. The van der Waals surface area contributed by atoms with E-state index in [9.17, 15) is 9.18 Å². The number of methoxy groups -OCH3 is 2. The van der Waals surface area contributed by atoms with Gasteiger partial charge in [0.1, 0.15) is 5.82 Å². The van der Waals surface area contributed by atoms with Crippen LogP contribution in [-0.2, 0) is 6.54 Å². The van der Waals surface area contributed by atoms with Gasteiger partial charge in [-0.1, -0.05) is 12.1 Å². The molecule has 0 aromatic heterocycles. The van der Waals surface area contributed by atoms with Gasteiger partial charge in [-0.15, -0.1) is 0 Å². The van der Waals surface area contributed by atoms with Gasteiger partial charge in [-0.3, -0.25) is 4.79 Å². The molecule has 5 heteroatoms. The molecule has 0 N–H and O–H groups in total. The fourth-order valence-corrected chi connectivity index (χ4v) is 2.33. The topological polar surface area (TPSA) is 38.8 Å². The van der Waals surface area contributed by atoms with Crippen molar-refractivity contribution in [2.45, 2.75) is 13.5 Å². The minimum atomic E-state index is -0.419. The van der Waals surface area contributed by atoms with Gasteiger partial charge < -0.3 is 14.4 Å². The summed E-state index contributed by atoms with van der Waals surface area (Å²) >= 11 is 0. The summed E-state index contributed by atoms with van der Waals surface area (Å²) in [5.41, 5.74) is 1.25. The Balaban J connectivity index is 2.20. The van der Waals surface area contributed by atoms with Gasteiger partial charge in [0.05, 0.1) is 14.2 Å². The monoisotopic (exact) mass is 317 g/mol. The van der Waals surface area contributed by atoms with E-state index in [2.05, 4.69) is 0 Å². The number of hydrogen-bond donors (Lipinski definition) is 0. The molecule has 0 saturated carbocycles. The number of carbonyl (C=O) groups is 1. The van der Waals surface area contributed by atoms with Gasteiger partial charge in [0.15, 0.2) is 11.5 Å². The van der Waals surface area contributed by atoms with Gasteiger partial charge in [0.2, 0.25) is 0 Å². The summed E-state index contributed by atoms with van der Waals surface area (Å²) in [7, 11) is 3.14. The number of amides is 1. The first-order chi connectivity index (χ1) is 11.1. The number of benzene rings is 2. The van der Waals surface area contributed by atoms with Crippen molar-refractivity contribution in [1.29, 1.82) is 0 Å². The van der Waals surface area contributed by atoms with E-state index in [1.165, 1.54) is 18.2 Å². The van der Waals surface area contributed by atoms with Gasteiger partial charge in [0.25, 0.3) is 5.91 Å². The molecular weight excluding hydrogens is 297 g/mol. The minimum absolute atomic E-state index is 0.207. The van der Waals surface area contributed by atoms with E-state index >= 15 is 0 Å². The lowest BCUT2D eigenvalue weighted by molar-refractivity contribution is 0.0752. The van der Waals surface area contributed by atoms with Crippen LogP contribution in [-0.4, -0.2) is 31.6 Å². The third-order valence-electron chi connectivity index (χ3n) is 3.56. The largest absolute Gasteiger partial charge is 0.493 e. The zero-order valence-electron chi connectivity index (χ0n) is 13.5. The zero-order valence-corrected chi connectivity index (χ0v) is 13.5. The van der Waals surface area contributed by atoms with Crippen LogP contribution in [0.15, 0.2) is 42.5 Å². The second kappa shape index (κ2) is 7.63. The molecule has 23 heavy (non-hydrogen) atoms. The van der Waals surface area contributed by atoms with Gasteiger partial charge >= 0.3 is 0 Å². The van der Waals surface area contributed by atoms with Crippen molar-refractivity contribution < 1.29 is 18.7 Å². The minimum Gasteiger partial charge on any atom is -0.493 e. The molecule has 0 aliphatic heterocycles. The van der Waals surface area contributed by atoms with E-state index in [-0.39, 0.29) is 5.91 Å². The predicted octanol–water partition coefficient (Wildman–Crippen LogP) is 3.51. The molecule has 0 aliphatic rings. The Kier molecular flexibility index (Phi) is 5.57. The van der Waals surface area contributed by atoms with Crippen molar-refractivity contribution in [2.75, 3.05) is 20.8 Å². The maximum atomic E-state index is 13.3. The van der Waals surface area contributed by atoms with Crippen LogP contribution < -0.4 is 9.47 Å². The van der Waals surface area contributed by atoms with E-state index in [0.717, 1.165) is 5.56 Å². The summed E-state index contributed by atoms with van der Waals surface area (Å²) in [6.07, 6.45) is 0. The molecule has 0 unspecified atom stereocenters. The van der Waals surface area contributed by atoms with Gasteiger partial charge in [0, 0.05) is 18.7 Å². The summed E-state index contributed by atoms with van der Waals surface area (Å²) in [6, 6.07) is 11.2. The summed E-state index contributed by atoms with van der Waals surface area (Å²) < 4.78 is 23.8. The second-order valence-corrected chi connectivity index (χ2v) is 5.02. The first-order valence-electron chi connectivity index (χ1n) is 7.34. The van der Waals surface area contributed by atoms with Crippen LogP contribution in [0.2, 0.25) is 0 Å². The Labute approximate surface area is 135 Å². The number of carbonyl (C=O) groups excluding carboxylic acids is 1. The molecular formula is C18H20FNO3. The smallest absolute Gasteiger partial charge is 0.254 e. The SMILES string of the molecule is CCN(Cc1ccc(OC)c(OC)c1)C(=O)c1cccc(F)c1. The highest BCUT2D eigenvalue weighted by molar-refractivity contribution is 5.94. The number of hydrogen-bond acceptors (Lipinski definition) is 3. The molecule has 2 aromatic rings. The van der Waals surface area contributed by atoms with E-state index in [4.69, 9.17) is 9.47 Å². The average molecular weight is 317 g/mol. The lowest BCUT2D eigenvalue weighted by Gasteiger charge is -2.21. The lowest BCUT2D eigenvalue weighted by Crippen LogP contribution is -2.30. The molecule has 1 amide bonds. The van der Waals surface area contributed by atoms with E-state index in [0.29, 0.717) is 30.2 Å². The average Bonchev–Trinajstić information content (AvgIpc) is 2.58. The molecule has 0 atom stereocenters.